The molecule has 0 aliphatic carbocycles. The largest absolute Gasteiger partial charge is 0.497 e. The predicted octanol–water partition coefficient (Wildman–Crippen LogP) is 3.79. The SMILES string of the molecule is COc1ccc(Nc2ccccc2Cl)c(C(=O)O)c1. The van der Waals surface area contributed by atoms with Gasteiger partial charge in [0.05, 0.1) is 29.1 Å². The van der Waals surface area contributed by atoms with Gasteiger partial charge in [-0.05, 0) is 30.3 Å². The fourth-order valence-corrected chi connectivity index (χ4v) is 1.83. The highest BCUT2D eigenvalue weighted by Crippen LogP contribution is 2.29. The molecule has 0 aromatic heterocycles. The number of carboxylic acids is 1. The smallest absolute Gasteiger partial charge is 0.337 e. The first-order chi connectivity index (χ1) is 9.11. The number of carboxylic acid groups (broad SMARTS) is 1. The number of para-hydroxylation sites is 1. The highest BCUT2D eigenvalue weighted by molar-refractivity contribution is 6.33. The van der Waals surface area contributed by atoms with Gasteiger partial charge in [0.2, 0.25) is 0 Å². The maximum atomic E-state index is 11.2. The Balaban J connectivity index is 2.40. The first kappa shape index (κ1) is 13.2. The highest BCUT2D eigenvalue weighted by atomic mass is 35.5. The van der Waals surface area contributed by atoms with E-state index in [1.165, 1.54) is 13.2 Å². The molecule has 0 saturated carbocycles. The van der Waals surface area contributed by atoms with E-state index in [9.17, 15) is 9.90 Å². The van der Waals surface area contributed by atoms with E-state index in [1.54, 1.807) is 30.3 Å². The van der Waals surface area contributed by atoms with Crippen LogP contribution in [0.3, 0.4) is 0 Å². The lowest BCUT2D eigenvalue weighted by Gasteiger charge is -2.12. The Kier molecular flexibility index (Phi) is 3.92. The van der Waals surface area contributed by atoms with Crippen LogP contribution in [0.4, 0.5) is 11.4 Å². The van der Waals surface area contributed by atoms with E-state index in [0.29, 0.717) is 22.1 Å². The van der Waals surface area contributed by atoms with Crippen LogP contribution >= 0.6 is 11.6 Å². The van der Waals surface area contributed by atoms with Crippen molar-refractivity contribution in [1.29, 1.82) is 0 Å². The van der Waals surface area contributed by atoms with Crippen molar-refractivity contribution >= 4 is 28.9 Å². The summed E-state index contributed by atoms with van der Waals surface area (Å²) < 4.78 is 5.02. The maximum absolute atomic E-state index is 11.2. The second kappa shape index (κ2) is 5.63. The number of rotatable bonds is 4. The van der Waals surface area contributed by atoms with Crippen LogP contribution in [-0.4, -0.2) is 18.2 Å². The van der Waals surface area contributed by atoms with Crippen LogP contribution in [0, 0.1) is 0 Å². The molecule has 19 heavy (non-hydrogen) atoms. The summed E-state index contributed by atoms with van der Waals surface area (Å²) in [5, 5.41) is 12.7. The lowest BCUT2D eigenvalue weighted by Crippen LogP contribution is -2.03. The topological polar surface area (TPSA) is 58.6 Å². The molecule has 2 aromatic carbocycles. The second-order valence-corrected chi connectivity index (χ2v) is 4.23. The molecule has 4 nitrogen and oxygen atoms in total. The van der Waals surface area contributed by atoms with Crippen molar-refractivity contribution in [1.82, 2.24) is 0 Å². The molecule has 5 heteroatoms. The van der Waals surface area contributed by atoms with Gasteiger partial charge in [0.15, 0.2) is 0 Å². The quantitative estimate of drug-likeness (QED) is 0.893. The molecule has 0 aliphatic heterocycles. The standard InChI is InChI=1S/C14H12ClNO3/c1-19-9-6-7-12(10(8-9)14(17)18)16-13-5-3-2-4-11(13)15/h2-8,16H,1H3,(H,17,18). The third-order valence-electron chi connectivity index (χ3n) is 2.60. The first-order valence-corrected chi connectivity index (χ1v) is 5.92. The summed E-state index contributed by atoms with van der Waals surface area (Å²) in [5.41, 5.74) is 1.23. The number of ether oxygens (including phenoxy) is 1. The van der Waals surface area contributed by atoms with Gasteiger partial charge >= 0.3 is 5.97 Å². The average molecular weight is 278 g/mol. The molecule has 2 N–H and O–H groups in total. The van der Waals surface area contributed by atoms with Gasteiger partial charge in [-0.25, -0.2) is 4.79 Å². The molecule has 0 bridgehead atoms. The van der Waals surface area contributed by atoms with Gasteiger partial charge in [-0.15, -0.1) is 0 Å². The van der Waals surface area contributed by atoms with Crippen LogP contribution in [0.15, 0.2) is 42.5 Å². The van der Waals surface area contributed by atoms with Gasteiger partial charge in [-0.2, -0.15) is 0 Å². The van der Waals surface area contributed by atoms with Crippen molar-refractivity contribution in [3.05, 3.63) is 53.1 Å². The number of benzene rings is 2. The van der Waals surface area contributed by atoms with Crippen LogP contribution in [0.5, 0.6) is 5.75 Å². The van der Waals surface area contributed by atoms with Gasteiger partial charge in [-0.1, -0.05) is 23.7 Å². The number of nitrogens with one attached hydrogen (secondary N) is 1. The van der Waals surface area contributed by atoms with Crippen molar-refractivity contribution in [2.75, 3.05) is 12.4 Å². The Morgan fingerprint density at radius 3 is 2.58 bits per heavy atom. The van der Waals surface area contributed by atoms with Crippen LogP contribution in [0.1, 0.15) is 10.4 Å². The number of aromatic carboxylic acids is 1. The van der Waals surface area contributed by atoms with Crippen molar-refractivity contribution in [2.45, 2.75) is 0 Å². The third-order valence-corrected chi connectivity index (χ3v) is 2.93. The molecule has 2 aromatic rings. The molecule has 0 heterocycles. The minimum atomic E-state index is -1.03. The predicted molar refractivity (Wildman–Crippen MR) is 74.7 cm³/mol. The lowest BCUT2D eigenvalue weighted by molar-refractivity contribution is 0.0697. The Hall–Kier alpha value is -2.20. The van der Waals surface area contributed by atoms with Gasteiger partial charge in [0.25, 0.3) is 0 Å². The van der Waals surface area contributed by atoms with Crippen LogP contribution in [-0.2, 0) is 0 Å². The maximum Gasteiger partial charge on any atom is 0.337 e. The lowest BCUT2D eigenvalue weighted by atomic mass is 10.1. The number of carbonyl (C=O) groups is 1. The Morgan fingerprint density at radius 1 is 1.21 bits per heavy atom. The Bertz CT molecular complexity index is 613. The molecule has 98 valence electrons. The Morgan fingerprint density at radius 2 is 1.95 bits per heavy atom. The van der Waals surface area contributed by atoms with E-state index < -0.39 is 5.97 Å². The van der Waals surface area contributed by atoms with Gasteiger partial charge in [0.1, 0.15) is 5.75 Å². The van der Waals surface area contributed by atoms with E-state index >= 15 is 0 Å². The number of hydrogen-bond donors (Lipinski definition) is 2. The molecule has 0 unspecified atom stereocenters. The minimum absolute atomic E-state index is 0.124. The minimum Gasteiger partial charge on any atom is -0.497 e. The number of anilines is 2. The fourth-order valence-electron chi connectivity index (χ4n) is 1.64. The molecule has 0 fully saturated rings. The average Bonchev–Trinajstić information content (AvgIpc) is 2.41. The summed E-state index contributed by atoms with van der Waals surface area (Å²) in [7, 11) is 1.49. The summed E-state index contributed by atoms with van der Waals surface area (Å²) >= 11 is 6.03. The fraction of sp³-hybridized carbons (Fsp3) is 0.0714. The van der Waals surface area contributed by atoms with E-state index in [4.69, 9.17) is 16.3 Å². The summed E-state index contributed by atoms with van der Waals surface area (Å²) in [6.45, 7) is 0. The van der Waals surface area contributed by atoms with E-state index in [1.807, 2.05) is 6.07 Å². The highest BCUT2D eigenvalue weighted by Gasteiger charge is 2.12. The Labute approximate surface area is 115 Å². The van der Waals surface area contributed by atoms with Crippen LogP contribution < -0.4 is 10.1 Å². The zero-order valence-electron chi connectivity index (χ0n) is 10.2. The number of halogens is 1. The monoisotopic (exact) mass is 277 g/mol. The second-order valence-electron chi connectivity index (χ2n) is 3.82. The first-order valence-electron chi connectivity index (χ1n) is 5.54. The molecule has 0 aliphatic rings. The van der Waals surface area contributed by atoms with Crippen molar-refractivity contribution in [2.24, 2.45) is 0 Å². The summed E-state index contributed by atoms with van der Waals surface area (Å²) in [6, 6.07) is 11.9. The molecular weight excluding hydrogens is 266 g/mol. The van der Waals surface area contributed by atoms with Gasteiger partial charge in [-0.3, -0.25) is 0 Å². The third kappa shape index (κ3) is 2.98. The molecule has 2 rings (SSSR count). The van der Waals surface area contributed by atoms with Crippen molar-refractivity contribution < 1.29 is 14.6 Å². The van der Waals surface area contributed by atoms with E-state index in [2.05, 4.69) is 5.32 Å². The zero-order chi connectivity index (χ0) is 13.8. The number of hydrogen-bond acceptors (Lipinski definition) is 3. The van der Waals surface area contributed by atoms with Crippen LogP contribution in [0.25, 0.3) is 0 Å². The zero-order valence-corrected chi connectivity index (χ0v) is 10.9. The summed E-state index contributed by atoms with van der Waals surface area (Å²) in [6.07, 6.45) is 0. The van der Waals surface area contributed by atoms with E-state index in [0.717, 1.165) is 0 Å². The van der Waals surface area contributed by atoms with Crippen molar-refractivity contribution in [3.8, 4) is 5.75 Å². The molecular formula is C14H12ClNO3. The van der Waals surface area contributed by atoms with E-state index in [-0.39, 0.29) is 5.56 Å². The summed E-state index contributed by atoms with van der Waals surface area (Å²) in [4.78, 5) is 11.2. The van der Waals surface area contributed by atoms with Gasteiger partial charge < -0.3 is 15.2 Å². The number of methoxy groups -OCH3 is 1. The molecule has 0 atom stereocenters. The molecule has 0 amide bonds. The van der Waals surface area contributed by atoms with Crippen LogP contribution in [0.2, 0.25) is 5.02 Å². The molecule has 0 spiro atoms. The molecule has 0 radical (unpaired) electrons. The van der Waals surface area contributed by atoms with Crippen molar-refractivity contribution in [3.63, 3.8) is 0 Å². The van der Waals surface area contributed by atoms with Gasteiger partial charge in [0, 0.05) is 0 Å². The normalized spacial score (nSPS) is 10.0. The molecule has 0 saturated heterocycles. The summed E-state index contributed by atoms with van der Waals surface area (Å²) in [5.74, 6) is -0.546.